The SMILES string of the molecule is CCC(C)Sc1nc2c(c(=O)[nH]1)C(c1cc(OC)c(O)c(OC)c1)C1=C(CC(C)(C)CC1=O)N2. The number of benzene rings is 1. The van der Waals surface area contributed by atoms with Gasteiger partial charge in [-0.25, -0.2) is 4.98 Å². The average Bonchev–Trinajstić information content (AvgIpc) is 2.76. The fourth-order valence-electron chi connectivity index (χ4n) is 4.64. The monoisotopic (exact) mass is 485 g/mol. The number of carbonyl (C=O) groups is 1. The first-order chi connectivity index (χ1) is 16.1. The van der Waals surface area contributed by atoms with Gasteiger partial charge < -0.3 is 24.9 Å². The number of hydrogen-bond donors (Lipinski definition) is 3. The van der Waals surface area contributed by atoms with Gasteiger partial charge in [-0.2, -0.15) is 0 Å². The van der Waals surface area contributed by atoms with E-state index in [4.69, 9.17) is 14.5 Å². The van der Waals surface area contributed by atoms with Crippen LogP contribution >= 0.6 is 11.8 Å². The molecule has 2 atom stereocenters. The summed E-state index contributed by atoms with van der Waals surface area (Å²) >= 11 is 1.51. The predicted molar refractivity (Wildman–Crippen MR) is 132 cm³/mol. The zero-order valence-corrected chi connectivity index (χ0v) is 21.2. The Morgan fingerprint density at radius 3 is 2.44 bits per heavy atom. The third-order valence-corrected chi connectivity index (χ3v) is 7.58. The first-order valence-corrected chi connectivity index (χ1v) is 12.3. The van der Waals surface area contributed by atoms with Gasteiger partial charge in [0.2, 0.25) is 5.75 Å². The Balaban J connectivity index is 1.97. The number of nitrogens with zero attached hydrogens (tertiary/aromatic N) is 1. The number of allylic oxidation sites excluding steroid dienone is 2. The van der Waals surface area contributed by atoms with Crippen LogP contribution in [0.2, 0.25) is 0 Å². The molecular weight excluding hydrogens is 454 g/mol. The van der Waals surface area contributed by atoms with E-state index in [1.807, 2.05) is 0 Å². The van der Waals surface area contributed by atoms with Gasteiger partial charge in [0.25, 0.3) is 5.56 Å². The summed E-state index contributed by atoms with van der Waals surface area (Å²) in [4.78, 5) is 34.5. The summed E-state index contributed by atoms with van der Waals surface area (Å²) in [5.74, 6) is 0.0346. The Bertz CT molecular complexity index is 1210. The number of carbonyl (C=O) groups excluding carboxylic acids is 1. The van der Waals surface area contributed by atoms with E-state index >= 15 is 0 Å². The molecule has 1 aliphatic carbocycles. The fourth-order valence-corrected chi connectivity index (χ4v) is 5.48. The second-order valence-corrected chi connectivity index (χ2v) is 11.1. The Kier molecular flexibility index (Phi) is 6.42. The summed E-state index contributed by atoms with van der Waals surface area (Å²) in [7, 11) is 2.89. The van der Waals surface area contributed by atoms with Crippen LogP contribution in [0.5, 0.6) is 17.2 Å². The number of aromatic amines is 1. The summed E-state index contributed by atoms with van der Waals surface area (Å²) < 4.78 is 10.7. The molecule has 0 saturated carbocycles. The van der Waals surface area contributed by atoms with E-state index in [1.165, 1.54) is 26.0 Å². The van der Waals surface area contributed by atoms with Gasteiger partial charge in [0.05, 0.1) is 19.8 Å². The molecule has 3 N–H and O–H groups in total. The Morgan fingerprint density at radius 2 is 1.85 bits per heavy atom. The van der Waals surface area contributed by atoms with Crippen LogP contribution < -0.4 is 20.3 Å². The van der Waals surface area contributed by atoms with Crippen LogP contribution in [0.25, 0.3) is 0 Å². The van der Waals surface area contributed by atoms with Crippen molar-refractivity contribution in [2.75, 3.05) is 19.5 Å². The number of phenols is 1. The van der Waals surface area contributed by atoms with E-state index < -0.39 is 5.92 Å². The van der Waals surface area contributed by atoms with Crippen LogP contribution in [0.4, 0.5) is 5.82 Å². The molecule has 0 radical (unpaired) electrons. The number of H-pyrrole nitrogens is 1. The van der Waals surface area contributed by atoms with Gasteiger partial charge in [-0.15, -0.1) is 0 Å². The quantitative estimate of drug-likeness (QED) is 0.402. The number of aromatic nitrogens is 2. The minimum Gasteiger partial charge on any atom is -0.502 e. The van der Waals surface area contributed by atoms with E-state index in [9.17, 15) is 14.7 Å². The number of thioether (sulfide) groups is 1. The van der Waals surface area contributed by atoms with Crippen molar-refractivity contribution in [3.05, 3.63) is 44.9 Å². The maximum Gasteiger partial charge on any atom is 0.257 e. The van der Waals surface area contributed by atoms with Gasteiger partial charge in [-0.3, -0.25) is 9.59 Å². The highest BCUT2D eigenvalue weighted by Gasteiger charge is 2.43. The van der Waals surface area contributed by atoms with Crippen molar-refractivity contribution >= 4 is 23.4 Å². The number of Topliss-reactive ketones (excluding diaryl/α,β-unsaturated/α-hetero) is 1. The summed E-state index contributed by atoms with van der Waals surface area (Å²) in [5, 5.41) is 14.6. The number of hydrogen-bond acceptors (Lipinski definition) is 8. The Labute approximate surface area is 203 Å². The van der Waals surface area contributed by atoms with Crippen LogP contribution in [0, 0.1) is 5.41 Å². The number of ether oxygens (including phenoxy) is 2. The van der Waals surface area contributed by atoms with Crippen molar-refractivity contribution in [1.82, 2.24) is 9.97 Å². The van der Waals surface area contributed by atoms with Crippen LogP contribution in [-0.2, 0) is 4.79 Å². The summed E-state index contributed by atoms with van der Waals surface area (Å²) in [5.41, 5.74) is 1.80. The van der Waals surface area contributed by atoms with E-state index in [1.54, 1.807) is 12.1 Å². The van der Waals surface area contributed by atoms with Gasteiger partial charge in [0, 0.05) is 28.9 Å². The Morgan fingerprint density at radius 1 is 1.21 bits per heavy atom. The maximum absolute atomic E-state index is 13.4. The van der Waals surface area contributed by atoms with E-state index in [0.29, 0.717) is 40.5 Å². The van der Waals surface area contributed by atoms with E-state index in [2.05, 4.69) is 38.0 Å². The second-order valence-electron chi connectivity index (χ2n) is 9.64. The third kappa shape index (κ3) is 4.29. The van der Waals surface area contributed by atoms with Gasteiger partial charge in [0.15, 0.2) is 22.4 Å². The number of anilines is 1. The lowest BCUT2D eigenvalue weighted by atomic mass is 9.69. The molecule has 0 bridgehead atoms. The highest BCUT2D eigenvalue weighted by Crippen LogP contribution is 2.50. The van der Waals surface area contributed by atoms with Gasteiger partial charge in [0.1, 0.15) is 5.82 Å². The molecule has 0 spiro atoms. The fraction of sp³-hybridized carbons (Fsp3) is 0.480. The van der Waals surface area contributed by atoms with Crippen molar-refractivity contribution in [1.29, 1.82) is 0 Å². The van der Waals surface area contributed by atoms with Gasteiger partial charge in [-0.05, 0) is 36.0 Å². The standard InChI is InChI=1S/C25H31N3O5S/c1-7-12(2)34-24-27-22-20(23(31)28-24)18(13-8-16(32-5)21(30)17(9-13)33-6)19-14(26-22)10-25(3,4)11-15(19)29/h8-9,12,18,30H,7,10-11H2,1-6H3,(H2,26,27,28,31). The van der Waals surface area contributed by atoms with Crippen LogP contribution in [0.1, 0.15) is 64.0 Å². The highest BCUT2D eigenvalue weighted by molar-refractivity contribution is 7.99. The molecule has 1 aromatic heterocycles. The number of ketones is 1. The summed E-state index contributed by atoms with van der Waals surface area (Å²) in [6.45, 7) is 8.28. The number of fused-ring (bicyclic) bond motifs is 1. The maximum atomic E-state index is 13.4. The molecular formula is C25H31N3O5S. The number of methoxy groups -OCH3 is 2. The molecule has 2 aromatic rings. The zero-order valence-electron chi connectivity index (χ0n) is 20.4. The van der Waals surface area contributed by atoms with Crippen molar-refractivity contribution in [3.63, 3.8) is 0 Å². The van der Waals surface area contributed by atoms with Crippen molar-refractivity contribution in [2.45, 2.75) is 63.3 Å². The topological polar surface area (TPSA) is 114 Å². The second kappa shape index (κ2) is 9.02. The molecule has 8 nitrogen and oxygen atoms in total. The molecule has 2 aliphatic rings. The van der Waals surface area contributed by atoms with Crippen molar-refractivity contribution in [3.8, 4) is 17.2 Å². The van der Waals surface area contributed by atoms with Crippen LogP contribution in [-0.4, -0.2) is 40.3 Å². The minimum absolute atomic E-state index is 0.0159. The Hall–Kier alpha value is -2.94. The largest absolute Gasteiger partial charge is 0.502 e. The normalized spacial score (nSPS) is 19.7. The first-order valence-electron chi connectivity index (χ1n) is 11.4. The highest BCUT2D eigenvalue weighted by atomic mass is 32.2. The average molecular weight is 486 g/mol. The molecule has 1 aromatic carbocycles. The van der Waals surface area contributed by atoms with Crippen LogP contribution in [0.15, 0.2) is 33.4 Å². The molecule has 0 saturated heterocycles. The minimum atomic E-state index is -0.669. The molecule has 34 heavy (non-hydrogen) atoms. The molecule has 182 valence electrons. The summed E-state index contributed by atoms with van der Waals surface area (Å²) in [6.07, 6.45) is 1.96. The van der Waals surface area contributed by atoms with Crippen molar-refractivity contribution in [2.24, 2.45) is 5.41 Å². The van der Waals surface area contributed by atoms with Gasteiger partial charge >= 0.3 is 0 Å². The number of rotatable bonds is 6. The molecule has 0 fully saturated rings. The lowest BCUT2D eigenvalue weighted by molar-refractivity contribution is -0.118. The predicted octanol–water partition coefficient (Wildman–Crippen LogP) is 4.58. The van der Waals surface area contributed by atoms with E-state index in [-0.39, 0.29) is 39.3 Å². The van der Waals surface area contributed by atoms with Crippen LogP contribution in [0.3, 0.4) is 0 Å². The molecule has 2 unspecified atom stereocenters. The summed E-state index contributed by atoms with van der Waals surface area (Å²) in [6, 6.07) is 3.30. The molecule has 9 heteroatoms. The van der Waals surface area contributed by atoms with Crippen molar-refractivity contribution < 1.29 is 19.4 Å². The molecule has 0 amide bonds. The number of nitrogens with one attached hydrogen (secondary N) is 2. The third-order valence-electron chi connectivity index (χ3n) is 6.42. The first kappa shape index (κ1) is 24.2. The number of phenolic OH excluding ortho intramolecular Hbond substituents is 1. The van der Waals surface area contributed by atoms with Gasteiger partial charge in [-0.1, -0.05) is 39.5 Å². The zero-order chi connectivity index (χ0) is 24.8. The molecule has 2 heterocycles. The van der Waals surface area contributed by atoms with E-state index in [0.717, 1.165) is 12.1 Å². The lowest BCUT2D eigenvalue weighted by Gasteiger charge is -2.38. The lowest BCUT2D eigenvalue weighted by Crippen LogP contribution is -2.37. The molecule has 1 aliphatic heterocycles. The number of aromatic hydroxyl groups is 1. The molecule has 4 rings (SSSR count). The smallest absolute Gasteiger partial charge is 0.257 e.